The number of nitrogens with zero attached hydrogens (tertiary/aromatic N) is 3. The highest BCUT2D eigenvalue weighted by Gasteiger charge is 2.15. The number of hydrogen-bond donors (Lipinski definition) is 1. The van der Waals surface area contributed by atoms with E-state index >= 15 is 0 Å². The summed E-state index contributed by atoms with van der Waals surface area (Å²) in [4.78, 5) is 9.20. The molecule has 3 rings (SSSR count). The molecule has 2 N–H and O–H groups in total. The lowest BCUT2D eigenvalue weighted by Crippen LogP contribution is -2.03. The van der Waals surface area contributed by atoms with Crippen molar-refractivity contribution >= 4 is 11.0 Å². The highest BCUT2D eigenvalue weighted by atomic mass is 15.1. The largest absolute Gasteiger partial charge is 0.326 e. The van der Waals surface area contributed by atoms with Gasteiger partial charge in [-0.25, -0.2) is 4.98 Å². The Balaban J connectivity index is 2.25. The maximum Gasteiger partial charge on any atom is 0.142 e. The molecule has 0 bridgehead atoms. The highest BCUT2D eigenvalue weighted by Crippen LogP contribution is 2.28. The first-order valence-corrected chi connectivity index (χ1v) is 7.24. The zero-order valence-electron chi connectivity index (χ0n) is 12.7. The molecule has 0 unspecified atom stereocenters. The molecule has 2 aromatic heterocycles. The summed E-state index contributed by atoms with van der Waals surface area (Å²) >= 11 is 0. The third kappa shape index (κ3) is 2.43. The van der Waals surface area contributed by atoms with E-state index in [9.17, 15) is 0 Å². The zero-order chi connectivity index (χ0) is 15.0. The van der Waals surface area contributed by atoms with E-state index in [1.165, 1.54) is 0 Å². The number of aromatic nitrogens is 3. The van der Waals surface area contributed by atoms with Crippen molar-refractivity contribution in [3.8, 4) is 11.4 Å². The van der Waals surface area contributed by atoms with E-state index in [0.29, 0.717) is 12.6 Å². The van der Waals surface area contributed by atoms with Crippen LogP contribution >= 0.6 is 0 Å². The Kier molecular flexibility index (Phi) is 3.47. The van der Waals surface area contributed by atoms with Crippen LogP contribution in [0.1, 0.15) is 31.1 Å². The molecule has 0 radical (unpaired) electrons. The molecule has 0 aliphatic carbocycles. The quantitative estimate of drug-likeness (QED) is 0.799. The molecule has 108 valence electrons. The number of imidazole rings is 1. The molecule has 0 spiro atoms. The van der Waals surface area contributed by atoms with Crippen LogP contribution < -0.4 is 5.73 Å². The minimum atomic E-state index is 0.329. The second-order valence-corrected chi connectivity index (χ2v) is 5.61. The number of aryl methyl sites for hydroxylation is 1. The normalized spacial score (nSPS) is 11.5. The Morgan fingerprint density at radius 1 is 1.19 bits per heavy atom. The Labute approximate surface area is 124 Å². The van der Waals surface area contributed by atoms with Crippen molar-refractivity contribution in [3.05, 3.63) is 47.8 Å². The summed E-state index contributed by atoms with van der Waals surface area (Å²) in [5, 5.41) is 0. The van der Waals surface area contributed by atoms with Crippen molar-refractivity contribution in [1.29, 1.82) is 0 Å². The molecule has 21 heavy (non-hydrogen) atoms. The number of rotatable bonds is 3. The van der Waals surface area contributed by atoms with Crippen LogP contribution in [-0.4, -0.2) is 14.5 Å². The van der Waals surface area contributed by atoms with Crippen LogP contribution in [-0.2, 0) is 6.54 Å². The van der Waals surface area contributed by atoms with Gasteiger partial charge in [0.15, 0.2) is 0 Å². The van der Waals surface area contributed by atoms with Gasteiger partial charge >= 0.3 is 0 Å². The summed E-state index contributed by atoms with van der Waals surface area (Å²) < 4.78 is 2.25. The number of hydrogen-bond acceptors (Lipinski definition) is 3. The van der Waals surface area contributed by atoms with Crippen LogP contribution in [0, 0.1) is 6.92 Å². The summed E-state index contributed by atoms with van der Waals surface area (Å²) in [6.07, 6.45) is 1.89. The molecule has 0 fully saturated rings. The minimum Gasteiger partial charge on any atom is -0.326 e. The van der Waals surface area contributed by atoms with Crippen LogP contribution in [0.4, 0.5) is 0 Å². The molecule has 0 atom stereocenters. The lowest BCUT2D eigenvalue weighted by Gasteiger charge is -2.13. The van der Waals surface area contributed by atoms with Gasteiger partial charge in [0, 0.05) is 30.0 Å². The number of nitrogens with two attached hydrogens (primary N) is 1. The van der Waals surface area contributed by atoms with Crippen LogP contribution in [0.3, 0.4) is 0 Å². The molecule has 3 aromatic rings. The third-order valence-corrected chi connectivity index (χ3v) is 3.68. The van der Waals surface area contributed by atoms with Crippen LogP contribution in [0.25, 0.3) is 22.4 Å². The maximum atomic E-state index is 5.73. The lowest BCUT2D eigenvalue weighted by atomic mass is 10.2. The van der Waals surface area contributed by atoms with E-state index in [-0.39, 0.29) is 0 Å². The van der Waals surface area contributed by atoms with E-state index in [1.807, 2.05) is 19.2 Å². The monoisotopic (exact) mass is 280 g/mol. The van der Waals surface area contributed by atoms with E-state index in [0.717, 1.165) is 33.7 Å². The van der Waals surface area contributed by atoms with E-state index in [4.69, 9.17) is 10.7 Å². The smallest absolute Gasteiger partial charge is 0.142 e. The van der Waals surface area contributed by atoms with Crippen LogP contribution in [0.5, 0.6) is 0 Å². The molecule has 0 amide bonds. The summed E-state index contributed by atoms with van der Waals surface area (Å²) in [6.45, 7) is 6.86. The van der Waals surface area contributed by atoms with Gasteiger partial charge in [0.05, 0.1) is 11.0 Å². The number of pyridine rings is 1. The topological polar surface area (TPSA) is 56.7 Å². The minimum absolute atomic E-state index is 0.329. The fourth-order valence-corrected chi connectivity index (χ4v) is 2.60. The van der Waals surface area contributed by atoms with Gasteiger partial charge in [0.25, 0.3) is 0 Å². The van der Waals surface area contributed by atoms with Gasteiger partial charge in [-0.05, 0) is 50.6 Å². The fraction of sp³-hybridized carbons (Fsp3) is 0.294. The van der Waals surface area contributed by atoms with E-state index < -0.39 is 0 Å². The summed E-state index contributed by atoms with van der Waals surface area (Å²) in [5.41, 5.74) is 11.0. The van der Waals surface area contributed by atoms with Gasteiger partial charge in [-0.15, -0.1) is 0 Å². The lowest BCUT2D eigenvalue weighted by molar-refractivity contribution is 0.624. The molecule has 4 heteroatoms. The van der Waals surface area contributed by atoms with Gasteiger partial charge in [-0.1, -0.05) is 6.07 Å². The Morgan fingerprint density at radius 2 is 2.00 bits per heavy atom. The summed E-state index contributed by atoms with van der Waals surface area (Å²) in [7, 11) is 0. The van der Waals surface area contributed by atoms with Gasteiger partial charge in [0.1, 0.15) is 5.82 Å². The molecule has 0 aliphatic rings. The second-order valence-electron chi connectivity index (χ2n) is 5.61. The molecular weight excluding hydrogens is 260 g/mol. The van der Waals surface area contributed by atoms with Crippen molar-refractivity contribution < 1.29 is 0 Å². The Hall–Kier alpha value is -2.20. The fourth-order valence-electron chi connectivity index (χ4n) is 2.60. The molecule has 0 saturated heterocycles. The van der Waals surface area contributed by atoms with Gasteiger partial charge < -0.3 is 10.3 Å². The summed E-state index contributed by atoms with van der Waals surface area (Å²) in [5.74, 6) is 0.960. The average molecular weight is 280 g/mol. The third-order valence-electron chi connectivity index (χ3n) is 3.68. The number of fused-ring (bicyclic) bond motifs is 1. The van der Waals surface area contributed by atoms with Gasteiger partial charge in [-0.2, -0.15) is 0 Å². The summed E-state index contributed by atoms with van der Waals surface area (Å²) in [6, 6.07) is 10.7. The first kappa shape index (κ1) is 13.8. The SMILES string of the molecule is Cc1ccc(-c2nc3cc(CN)ccc3n2C(C)C)cn1. The standard InChI is InChI=1S/C17H20N4/c1-11(2)21-16-7-5-13(9-18)8-15(16)20-17(21)14-6-4-12(3)19-10-14/h4-8,10-11H,9,18H2,1-3H3. The second kappa shape index (κ2) is 5.30. The molecule has 1 aromatic carbocycles. The first-order chi connectivity index (χ1) is 10.1. The van der Waals surface area contributed by atoms with Crippen molar-refractivity contribution in [2.45, 2.75) is 33.4 Å². The first-order valence-electron chi connectivity index (χ1n) is 7.24. The zero-order valence-corrected chi connectivity index (χ0v) is 12.7. The average Bonchev–Trinajstić information content (AvgIpc) is 2.86. The van der Waals surface area contributed by atoms with Crippen molar-refractivity contribution in [2.24, 2.45) is 5.73 Å². The predicted octanol–water partition coefficient (Wildman–Crippen LogP) is 3.45. The van der Waals surface area contributed by atoms with Crippen molar-refractivity contribution in [1.82, 2.24) is 14.5 Å². The van der Waals surface area contributed by atoms with E-state index in [2.05, 4.69) is 47.7 Å². The Morgan fingerprint density at radius 3 is 2.62 bits per heavy atom. The highest BCUT2D eigenvalue weighted by molar-refractivity contribution is 5.81. The molecule has 2 heterocycles. The van der Waals surface area contributed by atoms with Gasteiger partial charge in [0.2, 0.25) is 0 Å². The maximum absolute atomic E-state index is 5.73. The van der Waals surface area contributed by atoms with Crippen molar-refractivity contribution in [2.75, 3.05) is 0 Å². The van der Waals surface area contributed by atoms with Crippen LogP contribution in [0.2, 0.25) is 0 Å². The molecule has 4 nitrogen and oxygen atoms in total. The van der Waals surface area contributed by atoms with E-state index in [1.54, 1.807) is 0 Å². The Bertz CT molecular complexity index is 769. The molecular formula is C17H20N4. The van der Waals surface area contributed by atoms with Crippen molar-refractivity contribution in [3.63, 3.8) is 0 Å². The molecule has 0 aliphatic heterocycles. The van der Waals surface area contributed by atoms with Gasteiger partial charge in [-0.3, -0.25) is 4.98 Å². The van der Waals surface area contributed by atoms with Crippen LogP contribution in [0.15, 0.2) is 36.5 Å². The predicted molar refractivity (Wildman–Crippen MR) is 86.0 cm³/mol. The number of benzene rings is 1. The molecule has 0 saturated carbocycles.